The lowest BCUT2D eigenvalue weighted by Crippen LogP contribution is -1.92. The second kappa shape index (κ2) is 2.21. The molecular formula is C7H12N2. The van der Waals surface area contributed by atoms with Gasteiger partial charge in [-0.1, -0.05) is 13.8 Å². The number of hydrogen-bond donors (Lipinski definition) is 0. The first-order valence-corrected chi connectivity index (χ1v) is 3.19. The smallest absolute Gasteiger partial charge is 0.0649 e. The minimum absolute atomic E-state index is 0.547. The number of nitrogens with zero attached hydrogens (tertiary/aromatic N) is 2. The Morgan fingerprint density at radius 3 is 2.44 bits per heavy atom. The highest BCUT2D eigenvalue weighted by Gasteiger charge is 1.99. The third-order valence-corrected chi connectivity index (χ3v) is 1.33. The summed E-state index contributed by atoms with van der Waals surface area (Å²) in [5.74, 6) is 0.547. The van der Waals surface area contributed by atoms with Crippen molar-refractivity contribution in [2.45, 2.75) is 19.8 Å². The van der Waals surface area contributed by atoms with E-state index in [9.17, 15) is 0 Å². The minimum Gasteiger partial charge on any atom is -0.276 e. The highest BCUT2D eigenvalue weighted by molar-refractivity contribution is 5.03. The lowest BCUT2D eigenvalue weighted by atomic mass is 10.1. The van der Waals surface area contributed by atoms with Crippen LogP contribution in [-0.4, -0.2) is 9.78 Å². The fourth-order valence-corrected chi connectivity index (χ4v) is 0.741. The van der Waals surface area contributed by atoms with Crippen molar-refractivity contribution in [3.8, 4) is 0 Å². The summed E-state index contributed by atoms with van der Waals surface area (Å²) >= 11 is 0. The van der Waals surface area contributed by atoms with Crippen LogP contribution in [0.3, 0.4) is 0 Å². The van der Waals surface area contributed by atoms with Gasteiger partial charge >= 0.3 is 0 Å². The molecule has 1 heterocycles. The molecule has 1 aromatic rings. The number of rotatable bonds is 1. The van der Waals surface area contributed by atoms with E-state index in [0.29, 0.717) is 5.92 Å². The molecule has 1 aromatic heterocycles. The maximum atomic E-state index is 4.23. The standard InChI is InChI=1S/C7H12N2/c1-6(2)7-4-5-9(3)8-7/h4-6H,1-3H3. The van der Waals surface area contributed by atoms with Crippen LogP contribution in [0.25, 0.3) is 0 Å². The van der Waals surface area contributed by atoms with Gasteiger partial charge in [-0.3, -0.25) is 4.68 Å². The summed E-state index contributed by atoms with van der Waals surface area (Å²) in [7, 11) is 1.94. The van der Waals surface area contributed by atoms with Crippen LogP contribution in [0.15, 0.2) is 12.3 Å². The predicted molar refractivity (Wildman–Crippen MR) is 37.3 cm³/mol. The molecule has 0 amide bonds. The van der Waals surface area contributed by atoms with Crippen LogP contribution < -0.4 is 0 Å². The average Bonchev–Trinajstić information content (AvgIpc) is 2.14. The number of aryl methyl sites for hydroxylation is 1. The molecule has 9 heavy (non-hydrogen) atoms. The van der Waals surface area contributed by atoms with Gasteiger partial charge in [0.1, 0.15) is 0 Å². The Balaban J connectivity index is 2.85. The Morgan fingerprint density at radius 2 is 2.22 bits per heavy atom. The normalized spacial score (nSPS) is 10.7. The van der Waals surface area contributed by atoms with Gasteiger partial charge < -0.3 is 0 Å². The summed E-state index contributed by atoms with van der Waals surface area (Å²) in [6.45, 7) is 4.28. The Bertz CT molecular complexity index is 189. The topological polar surface area (TPSA) is 17.8 Å². The van der Waals surface area contributed by atoms with E-state index in [4.69, 9.17) is 0 Å². The lowest BCUT2D eigenvalue weighted by Gasteiger charge is -1.95. The molecule has 0 aliphatic rings. The molecule has 0 bridgehead atoms. The van der Waals surface area contributed by atoms with Gasteiger partial charge in [0, 0.05) is 13.2 Å². The van der Waals surface area contributed by atoms with E-state index in [2.05, 4.69) is 18.9 Å². The summed E-state index contributed by atoms with van der Waals surface area (Å²) in [4.78, 5) is 0. The van der Waals surface area contributed by atoms with Gasteiger partial charge in [0.2, 0.25) is 0 Å². The van der Waals surface area contributed by atoms with E-state index in [1.807, 2.05) is 24.0 Å². The quantitative estimate of drug-likeness (QED) is 0.555. The van der Waals surface area contributed by atoms with Crippen molar-refractivity contribution >= 4 is 0 Å². The van der Waals surface area contributed by atoms with Crippen LogP contribution in [0, 0.1) is 0 Å². The molecule has 0 aliphatic heterocycles. The Kier molecular flexibility index (Phi) is 1.56. The third-order valence-electron chi connectivity index (χ3n) is 1.33. The van der Waals surface area contributed by atoms with Crippen molar-refractivity contribution in [2.24, 2.45) is 7.05 Å². The number of hydrogen-bond acceptors (Lipinski definition) is 1. The maximum Gasteiger partial charge on any atom is 0.0649 e. The molecule has 0 N–H and O–H groups in total. The van der Waals surface area contributed by atoms with E-state index in [0.717, 1.165) is 5.69 Å². The first kappa shape index (κ1) is 6.33. The zero-order valence-corrected chi connectivity index (χ0v) is 6.13. The van der Waals surface area contributed by atoms with Gasteiger partial charge in [-0.05, 0) is 12.0 Å². The Hall–Kier alpha value is -0.790. The van der Waals surface area contributed by atoms with Crippen molar-refractivity contribution in [1.82, 2.24) is 9.78 Å². The van der Waals surface area contributed by atoms with Crippen molar-refractivity contribution in [3.63, 3.8) is 0 Å². The first-order chi connectivity index (χ1) is 4.20. The van der Waals surface area contributed by atoms with Crippen LogP contribution in [-0.2, 0) is 7.05 Å². The van der Waals surface area contributed by atoms with Gasteiger partial charge in [0.25, 0.3) is 0 Å². The molecule has 0 aliphatic carbocycles. The zero-order chi connectivity index (χ0) is 6.85. The molecular weight excluding hydrogens is 112 g/mol. The molecule has 2 nitrogen and oxygen atoms in total. The average molecular weight is 124 g/mol. The molecule has 0 saturated carbocycles. The second-order valence-electron chi connectivity index (χ2n) is 2.57. The fraction of sp³-hybridized carbons (Fsp3) is 0.571. The van der Waals surface area contributed by atoms with E-state index in [1.165, 1.54) is 0 Å². The van der Waals surface area contributed by atoms with Crippen LogP contribution in [0.1, 0.15) is 25.5 Å². The molecule has 0 fully saturated rings. The first-order valence-electron chi connectivity index (χ1n) is 3.19. The molecule has 0 radical (unpaired) electrons. The zero-order valence-electron chi connectivity index (χ0n) is 6.13. The molecule has 2 heteroatoms. The lowest BCUT2D eigenvalue weighted by molar-refractivity contribution is 0.713. The fourth-order valence-electron chi connectivity index (χ4n) is 0.741. The maximum absolute atomic E-state index is 4.23. The second-order valence-corrected chi connectivity index (χ2v) is 2.57. The molecule has 0 atom stereocenters. The summed E-state index contributed by atoms with van der Waals surface area (Å²) in [5, 5.41) is 4.23. The predicted octanol–water partition coefficient (Wildman–Crippen LogP) is 1.54. The summed E-state index contributed by atoms with van der Waals surface area (Å²) in [6, 6.07) is 2.05. The highest BCUT2D eigenvalue weighted by Crippen LogP contribution is 2.08. The van der Waals surface area contributed by atoms with Gasteiger partial charge in [-0.2, -0.15) is 5.10 Å². The van der Waals surface area contributed by atoms with Crippen LogP contribution in [0.4, 0.5) is 0 Å². The molecule has 0 aromatic carbocycles. The SMILES string of the molecule is CC(C)c1ccn(C)n1. The summed E-state index contributed by atoms with van der Waals surface area (Å²) in [5.41, 5.74) is 1.16. The van der Waals surface area contributed by atoms with E-state index >= 15 is 0 Å². The van der Waals surface area contributed by atoms with Crippen LogP contribution in [0.2, 0.25) is 0 Å². The number of aromatic nitrogens is 2. The van der Waals surface area contributed by atoms with Gasteiger partial charge in [0.05, 0.1) is 5.69 Å². The molecule has 0 spiro atoms. The molecule has 50 valence electrons. The van der Waals surface area contributed by atoms with Gasteiger partial charge in [-0.25, -0.2) is 0 Å². The Morgan fingerprint density at radius 1 is 1.56 bits per heavy atom. The summed E-state index contributed by atoms with van der Waals surface area (Å²) in [6.07, 6.45) is 1.97. The van der Waals surface area contributed by atoms with E-state index in [-0.39, 0.29) is 0 Å². The van der Waals surface area contributed by atoms with Crippen molar-refractivity contribution < 1.29 is 0 Å². The third kappa shape index (κ3) is 1.31. The van der Waals surface area contributed by atoms with Crippen LogP contribution >= 0.6 is 0 Å². The van der Waals surface area contributed by atoms with Crippen LogP contribution in [0.5, 0.6) is 0 Å². The van der Waals surface area contributed by atoms with Crippen molar-refractivity contribution in [1.29, 1.82) is 0 Å². The minimum atomic E-state index is 0.547. The van der Waals surface area contributed by atoms with Gasteiger partial charge in [-0.15, -0.1) is 0 Å². The summed E-state index contributed by atoms with van der Waals surface area (Å²) < 4.78 is 1.83. The molecule has 0 unspecified atom stereocenters. The monoisotopic (exact) mass is 124 g/mol. The van der Waals surface area contributed by atoms with E-state index < -0.39 is 0 Å². The molecule has 1 rings (SSSR count). The largest absolute Gasteiger partial charge is 0.276 e. The van der Waals surface area contributed by atoms with E-state index in [1.54, 1.807) is 0 Å². The Labute approximate surface area is 55.5 Å². The highest BCUT2D eigenvalue weighted by atomic mass is 15.2. The molecule has 0 saturated heterocycles. The van der Waals surface area contributed by atoms with Gasteiger partial charge in [0.15, 0.2) is 0 Å². The van der Waals surface area contributed by atoms with Crippen molar-refractivity contribution in [3.05, 3.63) is 18.0 Å². The van der Waals surface area contributed by atoms with Crippen molar-refractivity contribution in [2.75, 3.05) is 0 Å².